The van der Waals surface area contributed by atoms with Crippen LogP contribution in [-0.2, 0) is 6.42 Å². The van der Waals surface area contributed by atoms with Gasteiger partial charge in [-0.2, -0.15) is 10.2 Å². The van der Waals surface area contributed by atoms with Gasteiger partial charge in [0.2, 0.25) is 5.96 Å². The highest BCUT2D eigenvalue weighted by molar-refractivity contribution is 9.10. The van der Waals surface area contributed by atoms with Crippen LogP contribution in [0.2, 0.25) is 0 Å². The second-order valence-electron chi connectivity index (χ2n) is 6.02. The van der Waals surface area contributed by atoms with Gasteiger partial charge in [0.05, 0.1) is 28.2 Å². The van der Waals surface area contributed by atoms with E-state index in [-0.39, 0.29) is 10.2 Å². The van der Waals surface area contributed by atoms with Gasteiger partial charge < -0.3 is 10.6 Å². The molecule has 0 unspecified atom stereocenters. The topological polar surface area (TPSA) is 106 Å². The van der Waals surface area contributed by atoms with Crippen molar-refractivity contribution in [1.29, 1.82) is 5.41 Å². The molecular weight excluding hydrogens is 443 g/mol. The van der Waals surface area contributed by atoms with Crippen molar-refractivity contribution in [3.05, 3.63) is 76.8 Å². The molecule has 4 N–H and O–H groups in total. The first-order valence-electron chi connectivity index (χ1n) is 8.60. The van der Waals surface area contributed by atoms with E-state index in [9.17, 15) is 14.4 Å². The third-order valence-corrected chi connectivity index (χ3v) is 4.56. The lowest BCUT2D eigenvalue weighted by Gasteiger charge is -2.17. The number of aromatic nitrogens is 2. The van der Waals surface area contributed by atoms with E-state index < -0.39 is 17.8 Å². The molecule has 3 rings (SSSR count). The number of hydrogen-bond acceptors (Lipinski definition) is 4. The lowest BCUT2D eigenvalue weighted by Crippen LogP contribution is -2.33. The van der Waals surface area contributed by atoms with Crippen molar-refractivity contribution in [2.24, 2.45) is 0 Å². The van der Waals surface area contributed by atoms with Crippen molar-refractivity contribution in [3.63, 3.8) is 0 Å². The van der Waals surface area contributed by atoms with Crippen LogP contribution in [0, 0.1) is 11.2 Å². The number of carbonyl (C=O) groups excluding carboxylic acids is 1. The summed E-state index contributed by atoms with van der Waals surface area (Å²) in [6.45, 7) is 0.462. The van der Waals surface area contributed by atoms with Crippen molar-refractivity contribution < 1.29 is 14.4 Å². The molecule has 0 spiro atoms. The Kier molecular flexibility index (Phi) is 6.57. The number of rotatable bonds is 5. The molecule has 1 heterocycles. The minimum Gasteiger partial charge on any atom is -0.338 e. The summed E-state index contributed by atoms with van der Waals surface area (Å²) in [4.78, 5) is 12.0. The van der Waals surface area contributed by atoms with Crippen LogP contribution in [0.5, 0.6) is 0 Å². The summed E-state index contributed by atoms with van der Waals surface area (Å²) in [6, 6.07) is 13.2. The number of urea groups is 1. The van der Waals surface area contributed by atoms with E-state index in [1.54, 1.807) is 0 Å². The van der Waals surface area contributed by atoms with Gasteiger partial charge in [0.1, 0.15) is 5.82 Å². The number of hydrogen-bond donors (Lipinski definition) is 4. The van der Waals surface area contributed by atoms with Gasteiger partial charge in [-0.1, -0.05) is 30.3 Å². The molecule has 29 heavy (non-hydrogen) atoms. The molecule has 0 aliphatic heterocycles. The highest BCUT2D eigenvalue weighted by Crippen LogP contribution is 2.22. The van der Waals surface area contributed by atoms with Crippen LogP contribution in [0.3, 0.4) is 0 Å². The van der Waals surface area contributed by atoms with Crippen LogP contribution >= 0.6 is 15.9 Å². The quantitative estimate of drug-likeness (QED) is 0.263. The van der Waals surface area contributed by atoms with E-state index in [0.717, 1.165) is 16.3 Å². The van der Waals surface area contributed by atoms with Crippen LogP contribution in [0.25, 0.3) is 0 Å². The monoisotopic (exact) mass is 460 g/mol. The molecule has 0 aliphatic rings. The third-order valence-electron chi connectivity index (χ3n) is 3.95. The smallest absolute Gasteiger partial charge is 0.319 e. The van der Waals surface area contributed by atoms with E-state index in [0.29, 0.717) is 23.7 Å². The fraction of sp³-hybridized carbons (Fsp3) is 0.105. The van der Waals surface area contributed by atoms with Gasteiger partial charge in [0.15, 0.2) is 0 Å². The number of nitrogens with zero attached hydrogens (tertiary/aromatic N) is 3. The van der Waals surface area contributed by atoms with Gasteiger partial charge in [0, 0.05) is 6.54 Å². The number of hydroxylamine groups is 1. The summed E-state index contributed by atoms with van der Waals surface area (Å²) in [7, 11) is 0. The van der Waals surface area contributed by atoms with Crippen molar-refractivity contribution in [1.82, 2.24) is 15.1 Å². The standard InChI is InChI=1S/C19H18BrFN6O2/c20-16-10-15(6-7-17(16)21)27(29)18(22)26-12-14(11-24-26)25-19(28)23-9-8-13-4-2-1-3-5-13/h1-7,10-12,22,29H,8-9H2,(H2,23,25,28). The van der Waals surface area contributed by atoms with Crippen LogP contribution in [0.4, 0.5) is 20.6 Å². The fourth-order valence-electron chi connectivity index (χ4n) is 2.48. The van der Waals surface area contributed by atoms with Gasteiger partial charge in [-0.25, -0.2) is 13.9 Å². The van der Waals surface area contributed by atoms with Crippen molar-refractivity contribution in [2.75, 3.05) is 16.9 Å². The first-order valence-corrected chi connectivity index (χ1v) is 9.40. The van der Waals surface area contributed by atoms with Gasteiger partial charge in [0.25, 0.3) is 0 Å². The first-order chi connectivity index (χ1) is 13.9. The molecule has 1 aromatic heterocycles. The summed E-state index contributed by atoms with van der Waals surface area (Å²) in [5.41, 5.74) is 1.64. The molecular formula is C19H18BrFN6O2. The molecule has 150 valence electrons. The van der Waals surface area contributed by atoms with E-state index >= 15 is 0 Å². The normalized spacial score (nSPS) is 10.4. The highest BCUT2D eigenvalue weighted by atomic mass is 79.9. The van der Waals surface area contributed by atoms with Crippen LogP contribution in [0.15, 0.2) is 65.4 Å². The van der Waals surface area contributed by atoms with Gasteiger partial charge in [-0.15, -0.1) is 0 Å². The highest BCUT2D eigenvalue weighted by Gasteiger charge is 2.15. The zero-order chi connectivity index (χ0) is 20.8. The number of anilines is 2. The summed E-state index contributed by atoms with van der Waals surface area (Å²) in [6.07, 6.45) is 3.42. The molecule has 0 atom stereocenters. The fourth-order valence-corrected chi connectivity index (χ4v) is 2.85. The average Bonchev–Trinajstić information content (AvgIpc) is 3.18. The Hall–Kier alpha value is -3.24. The second-order valence-corrected chi connectivity index (χ2v) is 6.88. The molecule has 0 aliphatic carbocycles. The van der Waals surface area contributed by atoms with Crippen LogP contribution < -0.4 is 15.7 Å². The Bertz CT molecular complexity index is 1010. The zero-order valence-corrected chi connectivity index (χ0v) is 16.7. The van der Waals surface area contributed by atoms with Gasteiger partial charge in [-0.05, 0) is 46.1 Å². The van der Waals surface area contributed by atoms with Crippen molar-refractivity contribution in [3.8, 4) is 0 Å². The number of halogens is 2. The molecule has 3 aromatic rings. The van der Waals surface area contributed by atoms with E-state index in [4.69, 9.17) is 5.41 Å². The molecule has 2 amide bonds. The maximum atomic E-state index is 13.3. The molecule has 0 bridgehead atoms. The summed E-state index contributed by atoms with van der Waals surface area (Å²) in [5.74, 6) is -0.890. The van der Waals surface area contributed by atoms with Crippen LogP contribution in [-0.4, -0.2) is 33.5 Å². The summed E-state index contributed by atoms with van der Waals surface area (Å²) in [5, 5.41) is 28.1. The number of amides is 2. The van der Waals surface area contributed by atoms with E-state index in [1.807, 2.05) is 30.3 Å². The zero-order valence-electron chi connectivity index (χ0n) is 15.1. The lowest BCUT2D eigenvalue weighted by molar-refractivity contribution is 0.252. The predicted molar refractivity (Wildman–Crippen MR) is 111 cm³/mol. The number of carbonyl (C=O) groups is 1. The Morgan fingerprint density at radius 1 is 1.28 bits per heavy atom. The van der Waals surface area contributed by atoms with Gasteiger partial charge in [-0.3, -0.25) is 10.6 Å². The predicted octanol–water partition coefficient (Wildman–Crippen LogP) is 3.83. The van der Waals surface area contributed by atoms with Crippen LogP contribution in [0.1, 0.15) is 5.56 Å². The molecule has 0 fully saturated rings. The largest absolute Gasteiger partial charge is 0.338 e. The van der Waals surface area contributed by atoms with Crippen molar-refractivity contribution in [2.45, 2.75) is 6.42 Å². The minimum absolute atomic E-state index is 0.150. The number of benzene rings is 2. The van der Waals surface area contributed by atoms with E-state index in [2.05, 4.69) is 31.7 Å². The Labute approximate surface area is 174 Å². The maximum absolute atomic E-state index is 13.3. The summed E-state index contributed by atoms with van der Waals surface area (Å²) < 4.78 is 14.5. The average molecular weight is 461 g/mol. The van der Waals surface area contributed by atoms with E-state index in [1.165, 1.54) is 24.5 Å². The molecule has 0 saturated heterocycles. The molecule has 0 saturated carbocycles. The first kappa shape index (κ1) is 20.5. The Balaban J connectivity index is 1.54. The molecule has 8 nitrogen and oxygen atoms in total. The molecule has 10 heteroatoms. The lowest BCUT2D eigenvalue weighted by atomic mass is 10.1. The minimum atomic E-state index is -0.488. The third kappa shape index (κ3) is 5.39. The van der Waals surface area contributed by atoms with Crippen molar-refractivity contribution >= 4 is 39.3 Å². The Morgan fingerprint density at radius 2 is 2.03 bits per heavy atom. The SMILES string of the molecule is N=C(N(O)c1ccc(F)c(Br)c1)n1cc(NC(=O)NCCc2ccccc2)cn1. The number of nitrogens with one attached hydrogen (secondary N) is 3. The second kappa shape index (κ2) is 9.30. The molecule has 2 aromatic carbocycles. The van der Waals surface area contributed by atoms with Gasteiger partial charge >= 0.3 is 6.03 Å². The Morgan fingerprint density at radius 3 is 2.76 bits per heavy atom. The maximum Gasteiger partial charge on any atom is 0.319 e. The summed E-state index contributed by atoms with van der Waals surface area (Å²) >= 11 is 3.03. The molecule has 0 radical (unpaired) electrons.